The molecule has 0 atom stereocenters. The highest BCUT2D eigenvalue weighted by Crippen LogP contribution is 2.19. The normalized spacial score (nSPS) is 15.0. The van der Waals surface area contributed by atoms with Crippen molar-refractivity contribution < 1.29 is 4.52 Å². The Kier molecular flexibility index (Phi) is 3.19. The zero-order valence-corrected chi connectivity index (χ0v) is 12.3. The fraction of sp³-hybridized carbons (Fsp3) is 0.333. The first kappa shape index (κ1) is 13.1. The van der Waals surface area contributed by atoms with Crippen molar-refractivity contribution in [1.82, 2.24) is 29.6 Å². The Morgan fingerprint density at radius 1 is 1.36 bits per heavy atom. The minimum absolute atomic E-state index is 0.582. The first-order valence-electron chi connectivity index (χ1n) is 7.24. The average molecular weight is 296 g/mol. The summed E-state index contributed by atoms with van der Waals surface area (Å²) in [4.78, 5) is 15.2. The van der Waals surface area contributed by atoms with E-state index in [1.807, 2.05) is 25.5 Å². The first-order chi connectivity index (χ1) is 10.8. The predicted octanol–water partition coefficient (Wildman–Crippen LogP) is 1.42. The van der Waals surface area contributed by atoms with Gasteiger partial charge in [-0.2, -0.15) is 4.98 Å². The Morgan fingerprint density at radius 3 is 3.18 bits per heavy atom. The zero-order chi connectivity index (χ0) is 14.9. The second-order valence-electron chi connectivity index (χ2n) is 5.46. The Bertz CT molecular complexity index is 778. The molecular weight excluding hydrogens is 280 g/mol. The van der Waals surface area contributed by atoms with Crippen molar-refractivity contribution in [2.24, 2.45) is 7.05 Å². The lowest BCUT2D eigenvalue weighted by Gasteiger charge is -2.24. The van der Waals surface area contributed by atoms with E-state index in [0.29, 0.717) is 18.3 Å². The van der Waals surface area contributed by atoms with Gasteiger partial charge in [0, 0.05) is 50.2 Å². The van der Waals surface area contributed by atoms with Gasteiger partial charge in [-0.3, -0.25) is 9.88 Å². The Labute approximate surface area is 127 Å². The van der Waals surface area contributed by atoms with Gasteiger partial charge in [0.2, 0.25) is 11.7 Å². The summed E-state index contributed by atoms with van der Waals surface area (Å²) in [5, 5.41) is 4.03. The van der Waals surface area contributed by atoms with E-state index in [1.54, 1.807) is 12.4 Å². The van der Waals surface area contributed by atoms with Crippen molar-refractivity contribution in [3.63, 3.8) is 0 Å². The second-order valence-corrected chi connectivity index (χ2v) is 5.46. The van der Waals surface area contributed by atoms with Crippen molar-refractivity contribution in [2.75, 3.05) is 6.54 Å². The molecule has 7 heteroatoms. The summed E-state index contributed by atoms with van der Waals surface area (Å²) in [5.41, 5.74) is 3.32. The molecule has 0 aliphatic carbocycles. The SMILES string of the molecule is Cn1cnc2c1CCN(Cc1nc(-c3cccnc3)no1)C2. The molecule has 0 unspecified atom stereocenters. The summed E-state index contributed by atoms with van der Waals surface area (Å²) in [6.07, 6.45) is 6.33. The number of rotatable bonds is 3. The molecule has 0 N–H and O–H groups in total. The zero-order valence-electron chi connectivity index (χ0n) is 12.3. The molecule has 0 saturated heterocycles. The molecule has 0 radical (unpaired) electrons. The highest BCUT2D eigenvalue weighted by Gasteiger charge is 2.21. The quantitative estimate of drug-likeness (QED) is 0.728. The number of aryl methyl sites for hydroxylation is 1. The van der Waals surface area contributed by atoms with E-state index >= 15 is 0 Å². The minimum atomic E-state index is 0.582. The first-order valence-corrected chi connectivity index (χ1v) is 7.24. The van der Waals surface area contributed by atoms with Gasteiger partial charge in [-0.05, 0) is 12.1 Å². The van der Waals surface area contributed by atoms with E-state index in [0.717, 1.165) is 30.8 Å². The van der Waals surface area contributed by atoms with Crippen molar-refractivity contribution in [3.8, 4) is 11.4 Å². The van der Waals surface area contributed by atoms with Gasteiger partial charge in [0.05, 0.1) is 18.6 Å². The van der Waals surface area contributed by atoms with E-state index in [2.05, 4.69) is 29.6 Å². The molecule has 0 aromatic carbocycles. The fourth-order valence-corrected chi connectivity index (χ4v) is 2.77. The standard InChI is InChI=1S/C15H16N6O/c1-20-10-17-12-8-21(6-4-13(12)20)9-14-18-15(19-22-14)11-3-2-5-16-7-11/h2-3,5,7,10H,4,6,8-9H2,1H3. The number of aromatic nitrogens is 5. The third-order valence-corrected chi connectivity index (χ3v) is 3.93. The number of pyridine rings is 1. The van der Waals surface area contributed by atoms with Crippen LogP contribution in [0.1, 0.15) is 17.3 Å². The van der Waals surface area contributed by atoms with Gasteiger partial charge in [0.25, 0.3) is 0 Å². The largest absolute Gasteiger partial charge is 0.338 e. The van der Waals surface area contributed by atoms with Crippen molar-refractivity contribution in [3.05, 3.63) is 48.1 Å². The van der Waals surface area contributed by atoms with Crippen LogP contribution in [-0.4, -0.2) is 36.1 Å². The summed E-state index contributed by atoms with van der Waals surface area (Å²) >= 11 is 0. The monoisotopic (exact) mass is 296 g/mol. The van der Waals surface area contributed by atoms with E-state index < -0.39 is 0 Å². The van der Waals surface area contributed by atoms with Gasteiger partial charge < -0.3 is 9.09 Å². The van der Waals surface area contributed by atoms with Crippen molar-refractivity contribution >= 4 is 0 Å². The fourth-order valence-electron chi connectivity index (χ4n) is 2.77. The number of hydrogen-bond acceptors (Lipinski definition) is 6. The topological polar surface area (TPSA) is 72.9 Å². The van der Waals surface area contributed by atoms with Crippen LogP contribution < -0.4 is 0 Å². The summed E-state index contributed by atoms with van der Waals surface area (Å²) < 4.78 is 7.46. The highest BCUT2D eigenvalue weighted by molar-refractivity contribution is 5.51. The molecule has 0 saturated carbocycles. The summed E-state index contributed by atoms with van der Waals surface area (Å²) in [6, 6.07) is 3.78. The second kappa shape index (κ2) is 5.34. The lowest BCUT2D eigenvalue weighted by atomic mass is 10.1. The maximum absolute atomic E-state index is 5.36. The van der Waals surface area contributed by atoms with E-state index in [-0.39, 0.29) is 0 Å². The van der Waals surface area contributed by atoms with Gasteiger partial charge in [-0.25, -0.2) is 4.98 Å². The van der Waals surface area contributed by atoms with Crippen LogP contribution >= 0.6 is 0 Å². The Morgan fingerprint density at radius 2 is 2.32 bits per heavy atom. The minimum Gasteiger partial charge on any atom is -0.338 e. The summed E-state index contributed by atoms with van der Waals surface area (Å²) in [6.45, 7) is 2.43. The van der Waals surface area contributed by atoms with Gasteiger partial charge in [0.15, 0.2) is 0 Å². The summed E-state index contributed by atoms with van der Waals surface area (Å²) in [7, 11) is 2.04. The van der Waals surface area contributed by atoms with Crippen LogP contribution in [0, 0.1) is 0 Å². The van der Waals surface area contributed by atoms with Crippen LogP contribution in [0.3, 0.4) is 0 Å². The average Bonchev–Trinajstić information content (AvgIpc) is 3.16. The molecule has 0 amide bonds. The number of fused-ring (bicyclic) bond motifs is 1. The molecule has 7 nitrogen and oxygen atoms in total. The smallest absolute Gasteiger partial charge is 0.241 e. The number of hydrogen-bond donors (Lipinski definition) is 0. The maximum atomic E-state index is 5.36. The molecule has 3 aromatic heterocycles. The summed E-state index contributed by atoms with van der Waals surface area (Å²) in [5.74, 6) is 1.21. The van der Waals surface area contributed by atoms with Gasteiger partial charge in [0.1, 0.15) is 0 Å². The van der Waals surface area contributed by atoms with Gasteiger partial charge in [-0.1, -0.05) is 5.16 Å². The number of nitrogens with zero attached hydrogens (tertiary/aromatic N) is 6. The van der Waals surface area contributed by atoms with Crippen LogP contribution in [0.15, 0.2) is 35.4 Å². The van der Waals surface area contributed by atoms with Gasteiger partial charge >= 0.3 is 0 Å². The molecule has 0 spiro atoms. The number of imidazole rings is 1. The van der Waals surface area contributed by atoms with E-state index in [1.165, 1.54) is 5.69 Å². The molecular formula is C15H16N6O. The molecule has 3 aromatic rings. The Hall–Kier alpha value is -2.54. The lowest BCUT2D eigenvalue weighted by molar-refractivity contribution is 0.206. The third kappa shape index (κ3) is 2.39. The molecule has 22 heavy (non-hydrogen) atoms. The van der Waals surface area contributed by atoms with E-state index in [9.17, 15) is 0 Å². The van der Waals surface area contributed by atoms with Crippen LogP contribution in [-0.2, 0) is 26.6 Å². The van der Waals surface area contributed by atoms with Crippen LogP contribution in [0.25, 0.3) is 11.4 Å². The van der Waals surface area contributed by atoms with Gasteiger partial charge in [-0.15, -0.1) is 0 Å². The Balaban J connectivity index is 1.48. The van der Waals surface area contributed by atoms with Crippen LogP contribution in [0.4, 0.5) is 0 Å². The third-order valence-electron chi connectivity index (χ3n) is 3.93. The predicted molar refractivity (Wildman–Crippen MR) is 78.6 cm³/mol. The van der Waals surface area contributed by atoms with E-state index in [4.69, 9.17) is 4.52 Å². The van der Waals surface area contributed by atoms with Crippen molar-refractivity contribution in [1.29, 1.82) is 0 Å². The maximum Gasteiger partial charge on any atom is 0.241 e. The van der Waals surface area contributed by atoms with Crippen LogP contribution in [0.5, 0.6) is 0 Å². The molecule has 1 aliphatic rings. The molecule has 0 fully saturated rings. The molecule has 112 valence electrons. The van der Waals surface area contributed by atoms with Crippen LogP contribution in [0.2, 0.25) is 0 Å². The molecule has 4 heterocycles. The molecule has 4 rings (SSSR count). The molecule has 1 aliphatic heterocycles. The lowest BCUT2D eigenvalue weighted by Crippen LogP contribution is -2.30. The highest BCUT2D eigenvalue weighted by atomic mass is 16.5. The molecule has 0 bridgehead atoms. The van der Waals surface area contributed by atoms with Crippen molar-refractivity contribution in [2.45, 2.75) is 19.5 Å².